The summed E-state index contributed by atoms with van der Waals surface area (Å²) < 4.78 is 5.26. The molecule has 0 heterocycles. The van der Waals surface area contributed by atoms with Gasteiger partial charge in [-0.25, -0.2) is 0 Å². The van der Waals surface area contributed by atoms with E-state index >= 15 is 0 Å². The van der Waals surface area contributed by atoms with E-state index in [1.807, 2.05) is 24.3 Å². The molecule has 3 heteroatoms. The Morgan fingerprint density at radius 1 is 1.05 bits per heavy atom. The lowest BCUT2D eigenvalue weighted by Crippen LogP contribution is -2.10. The van der Waals surface area contributed by atoms with E-state index in [2.05, 4.69) is 28.1 Å². The lowest BCUT2D eigenvalue weighted by molar-refractivity contribution is 0.414. The third-order valence-corrected chi connectivity index (χ3v) is 4.25. The lowest BCUT2D eigenvalue weighted by atomic mass is 9.94. The summed E-state index contributed by atoms with van der Waals surface area (Å²) in [5.41, 5.74) is 2.53. The zero-order valence-electron chi connectivity index (χ0n) is 11.6. The van der Waals surface area contributed by atoms with Crippen molar-refractivity contribution in [2.24, 2.45) is 5.92 Å². The van der Waals surface area contributed by atoms with Crippen LogP contribution in [0.4, 0.5) is 0 Å². The van der Waals surface area contributed by atoms with Crippen LogP contribution < -0.4 is 4.74 Å². The maximum Gasteiger partial charge on any atom is 0.119 e. The molecule has 1 N–H and O–H groups in total. The molecule has 0 saturated carbocycles. The maximum atomic E-state index is 9.32. The third-order valence-electron chi connectivity index (χ3n) is 3.34. The fourth-order valence-corrected chi connectivity index (χ4v) is 2.74. The van der Waals surface area contributed by atoms with Crippen LogP contribution in [-0.4, -0.2) is 17.5 Å². The van der Waals surface area contributed by atoms with Crippen LogP contribution in [0.3, 0.4) is 0 Å². The van der Waals surface area contributed by atoms with Gasteiger partial charge in [-0.1, -0.05) is 40.2 Å². The molecule has 1 unspecified atom stereocenters. The highest BCUT2D eigenvalue weighted by Crippen LogP contribution is 2.21. The highest BCUT2D eigenvalue weighted by molar-refractivity contribution is 9.09. The standard InChI is InChI=1S/C17H19BrO2/c1-20-17-4-2-3-14(11-17)10-15(12-18)9-13-5-7-16(19)8-6-13/h2-8,11,15,19H,9-10,12H2,1H3. The summed E-state index contributed by atoms with van der Waals surface area (Å²) in [4.78, 5) is 0. The second-order valence-electron chi connectivity index (χ2n) is 4.95. The summed E-state index contributed by atoms with van der Waals surface area (Å²) in [5, 5.41) is 10.3. The lowest BCUT2D eigenvalue weighted by Gasteiger charge is -2.15. The van der Waals surface area contributed by atoms with Gasteiger partial charge in [0.25, 0.3) is 0 Å². The minimum atomic E-state index is 0.317. The summed E-state index contributed by atoms with van der Waals surface area (Å²) >= 11 is 3.60. The van der Waals surface area contributed by atoms with Crippen molar-refractivity contribution in [3.8, 4) is 11.5 Å². The van der Waals surface area contributed by atoms with Crippen LogP contribution in [0.2, 0.25) is 0 Å². The number of halogens is 1. The molecule has 0 saturated heterocycles. The van der Waals surface area contributed by atoms with Gasteiger partial charge < -0.3 is 9.84 Å². The summed E-state index contributed by atoms with van der Waals surface area (Å²) in [7, 11) is 1.69. The fraction of sp³-hybridized carbons (Fsp3) is 0.294. The number of ether oxygens (including phenoxy) is 1. The molecule has 2 rings (SSSR count). The minimum Gasteiger partial charge on any atom is -0.508 e. The zero-order chi connectivity index (χ0) is 14.4. The number of phenolic OH excluding ortho intramolecular Hbond substituents is 1. The maximum absolute atomic E-state index is 9.32. The molecular weight excluding hydrogens is 316 g/mol. The predicted molar refractivity (Wildman–Crippen MR) is 85.8 cm³/mol. The Hall–Kier alpha value is -1.48. The number of methoxy groups -OCH3 is 1. The normalized spacial score (nSPS) is 12.1. The van der Waals surface area contributed by atoms with Gasteiger partial charge in [-0.2, -0.15) is 0 Å². The van der Waals surface area contributed by atoms with Crippen molar-refractivity contribution in [1.29, 1.82) is 0 Å². The fourth-order valence-electron chi connectivity index (χ4n) is 2.28. The van der Waals surface area contributed by atoms with Gasteiger partial charge in [-0.05, 0) is 54.2 Å². The smallest absolute Gasteiger partial charge is 0.119 e. The Balaban J connectivity index is 2.02. The van der Waals surface area contributed by atoms with Crippen molar-refractivity contribution in [3.63, 3.8) is 0 Å². The Morgan fingerprint density at radius 2 is 1.75 bits per heavy atom. The molecule has 0 aliphatic carbocycles. The topological polar surface area (TPSA) is 29.5 Å². The number of alkyl halides is 1. The Bertz CT molecular complexity index is 537. The van der Waals surface area contributed by atoms with Crippen LogP contribution in [0.1, 0.15) is 11.1 Å². The number of phenols is 1. The number of benzene rings is 2. The SMILES string of the molecule is COc1cccc(CC(CBr)Cc2ccc(O)cc2)c1. The second kappa shape index (κ2) is 7.34. The van der Waals surface area contributed by atoms with Crippen molar-refractivity contribution in [2.45, 2.75) is 12.8 Å². The van der Waals surface area contributed by atoms with Crippen molar-refractivity contribution in [2.75, 3.05) is 12.4 Å². The quantitative estimate of drug-likeness (QED) is 0.802. The van der Waals surface area contributed by atoms with Gasteiger partial charge in [0.2, 0.25) is 0 Å². The number of aromatic hydroxyl groups is 1. The molecule has 0 aliphatic rings. The van der Waals surface area contributed by atoms with Gasteiger partial charge in [0, 0.05) is 5.33 Å². The molecule has 0 spiro atoms. The molecule has 0 radical (unpaired) electrons. The molecule has 2 aromatic carbocycles. The van der Waals surface area contributed by atoms with Gasteiger partial charge in [-0.15, -0.1) is 0 Å². The first kappa shape index (κ1) is 14.9. The monoisotopic (exact) mass is 334 g/mol. The van der Waals surface area contributed by atoms with E-state index in [1.165, 1.54) is 11.1 Å². The van der Waals surface area contributed by atoms with Crippen LogP contribution in [0.5, 0.6) is 11.5 Å². The number of hydrogen-bond acceptors (Lipinski definition) is 2. The van der Waals surface area contributed by atoms with Gasteiger partial charge in [0.15, 0.2) is 0 Å². The van der Waals surface area contributed by atoms with Crippen LogP contribution >= 0.6 is 15.9 Å². The number of hydrogen-bond donors (Lipinski definition) is 1. The van der Waals surface area contributed by atoms with Crippen molar-refractivity contribution in [3.05, 3.63) is 59.7 Å². The van der Waals surface area contributed by atoms with Gasteiger partial charge >= 0.3 is 0 Å². The summed E-state index contributed by atoms with van der Waals surface area (Å²) in [6.45, 7) is 0. The molecule has 0 bridgehead atoms. The van der Waals surface area contributed by atoms with Crippen LogP contribution in [0.15, 0.2) is 48.5 Å². The largest absolute Gasteiger partial charge is 0.508 e. The Morgan fingerprint density at radius 3 is 2.40 bits per heavy atom. The first-order chi connectivity index (χ1) is 9.71. The zero-order valence-corrected chi connectivity index (χ0v) is 13.1. The summed E-state index contributed by atoms with van der Waals surface area (Å²) in [5.74, 6) is 1.74. The Kier molecular flexibility index (Phi) is 5.48. The second-order valence-corrected chi connectivity index (χ2v) is 5.59. The Labute approximate surface area is 128 Å². The van der Waals surface area contributed by atoms with E-state index < -0.39 is 0 Å². The number of rotatable bonds is 6. The van der Waals surface area contributed by atoms with Gasteiger partial charge in [-0.3, -0.25) is 0 Å². The molecule has 0 amide bonds. The average molecular weight is 335 g/mol. The molecule has 2 aromatic rings. The van der Waals surface area contributed by atoms with Crippen molar-refractivity contribution >= 4 is 15.9 Å². The summed E-state index contributed by atoms with van der Waals surface area (Å²) in [6, 6.07) is 15.7. The molecule has 0 fully saturated rings. The first-order valence-electron chi connectivity index (χ1n) is 6.68. The van der Waals surface area contributed by atoms with Crippen molar-refractivity contribution in [1.82, 2.24) is 0 Å². The van der Waals surface area contributed by atoms with Crippen LogP contribution in [0.25, 0.3) is 0 Å². The van der Waals surface area contributed by atoms with E-state index in [-0.39, 0.29) is 0 Å². The first-order valence-corrected chi connectivity index (χ1v) is 7.80. The van der Waals surface area contributed by atoms with E-state index in [1.54, 1.807) is 19.2 Å². The molecular formula is C17H19BrO2. The molecule has 106 valence electrons. The average Bonchev–Trinajstić information content (AvgIpc) is 2.49. The third kappa shape index (κ3) is 4.27. The van der Waals surface area contributed by atoms with E-state index in [4.69, 9.17) is 4.74 Å². The van der Waals surface area contributed by atoms with Crippen LogP contribution in [-0.2, 0) is 12.8 Å². The highest BCUT2D eigenvalue weighted by atomic mass is 79.9. The van der Waals surface area contributed by atoms with E-state index in [0.717, 1.165) is 23.9 Å². The molecule has 2 nitrogen and oxygen atoms in total. The van der Waals surface area contributed by atoms with Gasteiger partial charge in [0.1, 0.15) is 11.5 Å². The minimum absolute atomic E-state index is 0.317. The molecule has 1 atom stereocenters. The molecule has 0 aromatic heterocycles. The predicted octanol–water partition coefficient (Wildman–Crippen LogP) is 4.20. The molecule has 0 aliphatic heterocycles. The van der Waals surface area contributed by atoms with E-state index in [0.29, 0.717) is 11.7 Å². The van der Waals surface area contributed by atoms with Gasteiger partial charge in [0.05, 0.1) is 7.11 Å². The van der Waals surface area contributed by atoms with Crippen molar-refractivity contribution < 1.29 is 9.84 Å². The summed E-state index contributed by atoms with van der Waals surface area (Å²) in [6.07, 6.45) is 1.99. The van der Waals surface area contributed by atoms with Crippen LogP contribution in [0, 0.1) is 5.92 Å². The van der Waals surface area contributed by atoms with E-state index in [9.17, 15) is 5.11 Å². The highest BCUT2D eigenvalue weighted by Gasteiger charge is 2.10. The molecule has 20 heavy (non-hydrogen) atoms.